The highest BCUT2D eigenvalue weighted by Gasteiger charge is 2.29. The van der Waals surface area contributed by atoms with Crippen molar-refractivity contribution in [2.45, 2.75) is 0 Å². The lowest BCUT2D eigenvalue weighted by molar-refractivity contribution is 0.0934. The topological polar surface area (TPSA) is 60.4 Å². The van der Waals surface area contributed by atoms with Crippen LogP contribution in [0.25, 0.3) is 0 Å². The van der Waals surface area contributed by atoms with Crippen LogP contribution in [0.15, 0.2) is 60.2 Å². The summed E-state index contributed by atoms with van der Waals surface area (Å²) in [4.78, 5) is 37.0. The first kappa shape index (κ1) is 13.9. The van der Waals surface area contributed by atoms with Gasteiger partial charge in [0.2, 0.25) is 0 Å². The van der Waals surface area contributed by atoms with E-state index in [9.17, 15) is 14.4 Å². The first-order valence-corrected chi connectivity index (χ1v) is 6.70. The molecule has 0 saturated carbocycles. The van der Waals surface area contributed by atoms with Crippen molar-refractivity contribution < 1.29 is 19.1 Å². The summed E-state index contributed by atoms with van der Waals surface area (Å²) in [7, 11) is 1.53. The van der Waals surface area contributed by atoms with E-state index in [1.165, 1.54) is 7.11 Å². The lowest BCUT2D eigenvalue weighted by Crippen LogP contribution is -2.22. The molecular weight excluding hydrogens is 280 g/mol. The van der Waals surface area contributed by atoms with Crippen molar-refractivity contribution in [1.29, 1.82) is 0 Å². The minimum absolute atomic E-state index is 0.103. The zero-order valence-electron chi connectivity index (χ0n) is 11.8. The first-order chi connectivity index (χ1) is 10.6. The molecule has 0 amide bonds. The molecule has 0 fully saturated rings. The molecule has 0 heterocycles. The van der Waals surface area contributed by atoms with E-state index in [1.807, 2.05) is 0 Å². The fourth-order valence-corrected chi connectivity index (χ4v) is 2.38. The van der Waals surface area contributed by atoms with E-state index in [2.05, 4.69) is 0 Å². The maximum atomic E-state index is 12.5. The van der Waals surface area contributed by atoms with Crippen LogP contribution in [0.3, 0.4) is 0 Å². The van der Waals surface area contributed by atoms with Crippen molar-refractivity contribution >= 4 is 17.3 Å². The predicted molar refractivity (Wildman–Crippen MR) is 80.5 cm³/mol. The van der Waals surface area contributed by atoms with E-state index >= 15 is 0 Å². The van der Waals surface area contributed by atoms with E-state index in [0.29, 0.717) is 16.9 Å². The molecule has 0 unspecified atom stereocenters. The zero-order chi connectivity index (χ0) is 15.7. The number of Topliss-reactive ketones (excluding diaryl/α,β-unsaturated/α-hetero) is 2. The van der Waals surface area contributed by atoms with Crippen molar-refractivity contribution in [1.82, 2.24) is 0 Å². The maximum absolute atomic E-state index is 12.5. The van der Waals surface area contributed by atoms with Crippen LogP contribution in [0.1, 0.15) is 31.1 Å². The van der Waals surface area contributed by atoms with Gasteiger partial charge in [-0.1, -0.05) is 24.3 Å². The summed E-state index contributed by atoms with van der Waals surface area (Å²) in [6.45, 7) is 0. The summed E-state index contributed by atoms with van der Waals surface area (Å²) in [5.74, 6) is -0.597. The summed E-state index contributed by atoms with van der Waals surface area (Å²) >= 11 is 0. The molecule has 3 rings (SSSR count). The fourth-order valence-electron chi connectivity index (χ4n) is 2.38. The molecule has 0 N–H and O–H groups in total. The smallest absolute Gasteiger partial charge is 0.197 e. The number of benzene rings is 2. The van der Waals surface area contributed by atoms with Crippen molar-refractivity contribution in [2.75, 3.05) is 7.11 Å². The van der Waals surface area contributed by atoms with E-state index in [0.717, 1.165) is 6.08 Å². The highest BCUT2D eigenvalue weighted by Crippen LogP contribution is 2.24. The van der Waals surface area contributed by atoms with Crippen LogP contribution < -0.4 is 4.74 Å². The van der Waals surface area contributed by atoms with Crippen molar-refractivity contribution in [3.63, 3.8) is 0 Å². The van der Waals surface area contributed by atoms with Gasteiger partial charge in [0.1, 0.15) is 5.75 Å². The van der Waals surface area contributed by atoms with Crippen LogP contribution in [-0.2, 0) is 0 Å². The molecule has 0 radical (unpaired) electrons. The Kier molecular flexibility index (Phi) is 3.43. The van der Waals surface area contributed by atoms with Gasteiger partial charge in [-0.05, 0) is 24.3 Å². The minimum Gasteiger partial charge on any atom is -0.497 e. The largest absolute Gasteiger partial charge is 0.497 e. The normalized spacial score (nSPS) is 13.4. The Morgan fingerprint density at radius 3 is 2.18 bits per heavy atom. The standard InChI is InChI=1S/C18H12O4/c1-22-12-8-6-11(7-9-12)17(20)15-10-16(19)13-4-2-3-5-14(13)18(15)21/h2-10H,1H3. The number of ketones is 3. The molecule has 22 heavy (non-hydrogen) atoms. The van der Waals surface area contributed by atoms with Gasteiger partial charge < -0.3 is 4.74 Å². The Bertz CT molecular complexity index is 813. The molecule has 2 aromatic carbocycles. The monoisotopic (exact) mass is 292 g/mol. The van der Waals surface area contributed by atoms with Crippen molar-refractivity contribution in [3.8, 4) is 5.75 Å². The van der Waals surface area contributed by atoms with Gasteiger partial charge in [-0.15, -0.1) is 0 Å². The van der Waals surface area contributed by atoms with Gasteiger partial charge in [0.05, 0.1) is 12.7 Å². The Labute approximate surface area is 127 Å². The van der Waals surface area contributed by atoms with Crippen LogP contribution in [-0.4, -0.2) is 24.5 Å². The number of hydrogen-bond donors (Lipinski definition) is 0. The third-order valence-electron chi connectivity index (χ3n) is 3.55. The Hall–Kier alpha value is -3.01. The first-order valence-electron chi connectivity index (χ1n) is 6.70. The second-order valence-corrected chi connectivity index (χ2v) is 4.85. The van der Waals surface area contributed by atoms with Crippen LogP contribution in [0, 0.1) is 0 Å². The molecule has 0 aliphatic heterocycles. The Morgan fingerprint density at radius 1 is 0.909 bits per heavy atom. The molecule has 1 aliphatic rings. The number of rotatable bonds is 3. The molecule has 4 nitrogen and oxygen atoms in total. The van der Waals surface area contributed by atoms with Crippen LogP contribution in [0.2, 0.25) is 0 Å². The molecular formula is C18H12O4. The molecule has 4 heteroatoms. The molecule has 0 spiro atoms. The van der Waals surface area contributed by atoms with Gasteiger partial charge in [-0.3, -0.25) is 14.4 Å². The zero-order valence-corrected chi connectivity index (χ0v) is 11.8. The van der Waals surface area contributed by atoms with Gasteiger partial charge in [-0.2, -0.15) is 0 Å². The number of fused-ring (bicyclic) bond motifs is 1. The van der Waals surface area contributed by atoms with Gasteiger partial charge in [-0.25, -0.2) is 0 Å². The molecule has 0 saturated heterocycles. The minimum atomic E-state index is -0.462. The van der Waals surface area contributed by atoms with E-state index in [1.54, 1.807) is 48.5 Å². The third-order valence-corrected chi connectivity index (χ3v) is 3.55. The fraction of sp³-hybridized carbons (Fsp3) is 0.0556. The highest BCUT2D eigenvalue weighted by atomic mass is 16.5. The number of carbonyl (C=O) groups excluding carboxylic acids is 3. The Balaban J connectivity index is 2.00. The summed E-state index contributed by atoms with van der Waals surface area (Å²) in [6, 6.07) is 12.9. The van der Waals surface area contributed by atoms with E-state index in [4.69, 9.17) is 4.74 Å². The second-order valence-electron chi connectivity index (χ2n) is 4.85. The van der Waals surface area contributed by atoms with Crippen LogP contribution in [0.5, 0.6) is 5.75 Å². The average molecular weight is 292 g/mol. The molecule has 2 aromatic rings. The number of carbonyl (C=O) groups is 3. The summed E-state index contributed by atoms with van der Waals surface area (Å²) in [6.07, 6.45) is 1.12. The molecule has 0 bridgehead atoms. The second kappa shape index (κ2) is 5.41. The highest BCUT2D eigenvalue weighted by molar-refractivity contribution is 6.37. The van der Waals surface area contributed by atoms with Gasteiger partial charge >= 0.3 is 0 Å². The molecule has 108 valence electrons. The summed E-state index contributed by atoms with van der Waals surface area (Å²) < 4.78 is 5.03. The quantitative estimate of drug-likeness (QED) is 0.644. The molecule has 0 atom stereocenters. The van der Waals surface area contributed by atoms with Crippen molar-refractivity contribution in [2.24, 2.45) is 0 Å². The number of allylic oxidation sites excluding steroid dienone is 2. The van der Waals surface area contributed by atoms with Crippen LogP contribution >= 0.6 is 0 Å². The third kappa shape index (κ3) is 2.24. The SMILES string of the molecule is COc1ccc(C(=O)C2=CC(=O)c3ccccc3C2=O)cc1. The predicted octanol–water partition coefficient (Wildman–Crippen LogP) is 2.88. The van der Waals surface area contributed by atoms with Gasteiger partial charge in [0.25, 0.3) is 0 Å². The number of ether oxygens (including phenoxy) is 1. The van der Waals surface area contributed by atoms with Crippen LogP contribution in [0.4, 0.5) is 0 Å². The lowest BCUT2D eigenvalue weighted by atomic mass is 9.86. The number of methoxy groups -OCH3 is 1. The molecule has 0 aromatic heterocycles. The Morgan fingerprint density at radius 2 is 1.55 bits per heavy atom. The maximum Gasteiger partial charge on any atom is 0.197 e. The average Bonchev–Trinajstić information content (AvgIpc) is 2.57. The number of hydrogen-bond acceptors (Lipinski definition) is 4. The van der Waals surface area contributed by atoms with E-state index < -0.39 is 11.6 Å². The van der Waals surface area contributed by atoms with Gasteiger partial charge in [0, 0.05) is 22.8 Å². The van der Waals surface area contributed by atoms with Gasteiger partial charge in [0.15, 0.2) is 17.3 Å². The summed E-state index contributed by atoms with van der Waals surface area (Å²) in [5, 5.41) is 0. The summed E-state index contributed by atoms with van der Waals surface area (Å²) in [5.41, 5.74) is 0.840. The molecule has 1 aliphatic carbocycles. The van der Waals surface area contributed by atoms with Crippen molar-refractivity contribution in [3.05, 3.63) is 76.9 Å². The van der Waals surface area contributed by atoms with E-state index in [-0.39, 0.29) is 16.9 Å². The lowest BCUT2D eigenvalue weighted by Gasteiger charge is -2.14.